The first-order valence-electron chi connectivity index (χ1n) is 8.83. The van der Waals surface area contributed by atoms with Gasteiger partial charge in [0.1, 0.15) is 5.82 Å². The number of carbonyl (C=O) groups is 1. The third kappa shape index (κ3) is 5.07. The lowest BCUT2D eigenvalue weighted by Crippen LogP contribution is -2.29. The van der Waals surface area contributed by atoms with Crippen LogP contribution in [0.4, 0.5) is 15.7 Å². The Morgan fingerprint density at radius 3 is 2.67 bits per heavy atom. The van der Waals surface area contributed by atoms with Crippen molar-refractivity contribution in [2.24, 2.45) is 0 Å². The summed E-state index contributed by atoms with van der Waals surface area (Å²) in [5.74, 6) is 1.15. The normalized spacial score (nSPS) is 10.8. The lowest BCUT2D eigenvalue weighted by Gasteiger charge is -2.11. The fourth-order valence-electron chi connectivity index (χ4n) is 2.58. The number of anilines is 2. The predicted octanol–water partition coefficient (Wildman–Crippen LogP) is 3.87. The van der Waals surface area contributed by atoms with Crippen LogP contribution in [0.3, 0.4) is 0 Å². The largest absolute Gasteiger partial charge is 0.365 e. The Labute approximate surface area is 162 Å². The number of thiazole rings is 1. The Hall–Kier alpha value is -2.87. The van der Waals surface area contributed by atoms with Crippen LogP contribution in [-0.4, -0.2) is 27.8 Å². The minimum Gasteiger partial charge on any atom is -0.365 e. The van der Waals surface area contributed by atoms with Crippen LogP contribution in [0.25, 0.3) is 0 Å². The van der Waals surface area contributed by atoms with Gasteiger partial charge in [-0.3, -0.25) is 5.32 Å². The number of nitrogens with one attached hydrogen (secondary N) is 3. The second kappa shape index (κ2) is 8.68. The molecule has 0 aliphatic carbocycles. The van der Waals surface area contributed by atoms with E-state index in [1.54, 1.807) is 16.9 Å². The van der Waals surface area contributed by atoms with Gasteiger partial charge in [0.15, 0.2) is 5.13 Å². The van der Waals surface area contributed by atoms with Gasteiger partial charge in [-0.2, -0.15) is 5.10 Å². The molecule has 0 fully saturated rings. The molecule has 0 saturated heterocycles. The summed E-state index contributed by atoms with van der Waals surface area (Å²) in [7, 11) is 1.82. The molecule has 0 spiro atoms. The van der Waals surface area contributed by atoms with E-state index < -0.39 is 0 Å². The summed E-state index contributed by atoms with van der Waals surface area (Å²) in [5, 5.41) is 15.7. The highest BCUT2D eigenvalue weighted by Crippen LogP contribution is 2.17. The van der Waals surface area contributed by atoms with Crippen molar-refractivity contribution < 1.29 is 4.79 Å². The van der Waals surface area contributed by atoms with Crippen molar-refractivity contribution in [2.75, 3.05) is 17.7 Å². The maximum atomic E-state index is 12.2. The molecule has 0 atom stereocenters. The van der Waals surface area contributed by atoms with Gasteiger partial charge in [-0.25, -0.2) is 14.5 Å². The number of rotatable bonds is 7. The summed E-state index contributed by atoms with van der Waals surface area (Å²) in [6.07, 6.45) is 1.68. The third-order valence-electron chi connectivity index (χ3n) is 4.13. The summed E-state index contributed by atoms with van der Waals surface area (Å²) >= 11 is 1.50. The van der Waals surface area contributed by atoms with E-state index in [4.69, 9.17) is 0 Å². The van der Waals surface area contributed by atoms with E-state index >= 15 is 0 Å². The number of amides is 2. The Kier molecular flexibility index (Phi) is 6.08. The molecule has 8 heteroatoms. The molecule has 0 unspecified atom stereocenters. The van der Waals surface area contributed by atoms with Gasteiger partial charge < -0.3 is 10.6 Å². The van der Waals surface area contributed by atoms with Crippen molar-refractivity contribution in [3.63, 3.8) is 0 Å². The lowest BCUT2D eigenvalue weighted by atomic mass is 10.0. The van der Waals surface area contributed by atoms with Crippen molar-refractivity contribution in [3.8, 4) is 0 Å². The monoisotopic (exact) mass is 384 g/mol. The molecule has 2 amide bonds. The Morgan fingerprint density at radius 2 is 2.00 bits per heavy atom. The van der Waals surface area contributed by atoms with Crippen LogP contribution in [0.5, 0.6) is 0 Å². The molecule has 0 aliphatic rings. The van der Waals surface area contributed by atoms with E-state index in [-0.39, 0.29) is 6.03 Å². The highest BCUT2D eigenvalue weighted by atomic mass is 32.1. The van der Waals surface area contributed by atoms with Crippen LogP contribution < -0.4 is 16.0 Å². The van der Waals surface area contributed by atoms with Crippen LogP contribution in [0.2, 0.25) is 0 Å². The number of aromatic nitrogens is 3. The second-order valence-corrected chi connectivity index (χ2v) is 7.33. The number of hydrogen-bond donors (Lipinski definition) is 3. The average molecular weight is 385 g/mol. The summed E-state index contributed by atoms with van der Waals surface area (Å²) in [6.45, 7) is 5.32. The first kappa shape index (κ1) is 18.9. The van der Waals surface area contributed by atoms with Gasteiger partial charge in [0.2, 0.25) is 0 Å². The average Bonchev–Trinajstić information content (AvgIpc) is 3.30. The molecular formula is C19H24N6OS. The van der Waals surface area contributed by atoms with Gasteiger partial charge in [0, 0.05) is 18.5 Å². The predicted molar refractivity (Wildman–Crippen MR) is 109 cm³/mol. The van der Waals surface area contributed by atoms with Gasteiger partial charge in [-0.05, 0) is 17.0 Å². The molecule has 7 nitrogen and oxygen atoms in total. The van der Waals surface area contributed by atoms with E-state index in [1.165, 1.54) is 16.9 Å². The second-order valence-electron chi connectivity index (χ2n) is 6.47. The molecule has 27 heavy (non-hydrogen) atoms. The zero-order valence-corrected chi connectivity index (χ0v) is 16.5. The Morgan fingerprint density at radius 1 is 1.22 bits per heavy atom. The fraction of sp³-hybridized carbons (Fsp3) is 0.316. The number of carbonyl (C=O) groups excluding carboxylic acids is 1. The minimum atomic E-state index is -0.286. The van der Waals surface area contributed by atoms with Gasteiger partial charge in [-0.15, -0.1) is 11.3 Å². The SMILES string of the molecule is CNc1nc(CNC(=O)Nc2ccnn2Cc2ccc(C(C)C)cc2)cs1. The summed E-state index contributed by atoms with van der Waals surface area (Å²) in [4.78, 5) is 16.5. The Bertz CT molecular complexity index is 884. The van der Waals surface area contributed by atoms with Crippen molar-refractivity contribution in [3.05, 3.63) is 58.7 Å². The highest BCUT2D eigenvalue weighted by molar-refractivity contribution is 7.13. The molecule has 0 radical (unpaired) electrons. The van der Waals surface area contributed by atoms with Crippen LogP contribution in [-0.2, 0) is 13.1 Å². The summed E-state index contributed by atoms with van der Waals surface area (Å²) in [5.41, 5.74) is 3.26. The molecule has 0 bridgehead atoms. The number of urea groups is 1. The molecule has 0 aliphatic heterocycles. The van der Waals surface area contributed by atoms with Crippen molar-refractivity contribution in [1.29, 1.82) is 0 Å². The summed E-state index contributed by atoms with van der Waals surface area (Å²) < 4.78 is 1.77. The molecule has 142 valence electrons. The van der Waals surface area contributed by atoms with Crippen LogP contribution >= 0.6 is 11.3 Å². The van der Waals surface area contributed by atoms with Gasteiger partial charge in [0.05, 0.1) is 25.0 Å². The van der Waals surface area contributed by atoms with E-state index in [2.05, 4.69) is 64.1 Å². The lowest BCUT2D eigenvalue weighted by molar-refractivity contribution is 0.251. The molecule has 3 N–H and O–H groups in total. The first-order valence-corrected chi connectivity index (χ1v) is 9.70. The maximum absolute atomic E-state index is 12.2. The molecule has 0 saturated carbocycles. The van der Waals surface area contributed by atoms with Crippen molar-refractivity contribution in [1.82, 2.24) is 20.1 Å². The van der Waals surface area contributed by atoms with Crippen LogP contribution in [0.15, 0.2) is 41.9 Å². The molecule has 2 heterocycles. The molecule has 2 aromatic heterocycles. The van der Waals surface area contributed by atoms with E-state index in [1.807, 2.05) is 12.4 Å². The number of nitrogens with zero attached hydrogens (tertiary/aromatic N) is 3. The topological polar surface area (TPSA) is 83.9 Å². The van der Waals surface area contributed by atoms with E-state index in [0.29, 0.717) is 24.8 Å². The van der Waals surface area contributed by atoms with Crippen LogP contribution in [0.1, 0.15) is 36.6 Å². The fourth-order valence-corrected chi connectivity index (χ4v) is 3.25. The molecule has 1 aromatic carbocycles. The Balaban J connectivity index is 1.56. The van der Waals surface area contributed by atoms with Crippen LogP contribution in [0, 0.1) is 0 Å². The first-order chi connectivity index (χ1) is 13.0. The zero-order valence-electron chi connectivity index (χ0n) is 15.7. The highest BCUT2D eigenvalue weighted by Gasteiger charge is 2.09. The molecular weight excluding hydrogens is 360 g/mol. The molecule has 3 aromatic rings. The smallest absolute Gasteiger partial charge is 0.320 e. The third-order valence-corrected chi connectivity index (χ3v) is 5.04. The minimum absolute atomic E-state index is 0.286. The quantitative estimate of drug-likeness (QED) is 0.577. The number of benzene rings is 1. The standard InChI is InChI=1S/C19H24N6OS/c1-13(2)15-6-4-14(5-7-15)11-25-17(8-9-22-25)24-18(26)21-10-16-12-27-19(20-3)23-16/h4-9,12-13H,10-11H2,1-3H3,(H,20,23)(H2,21,24,26). The maximum Gasteiger partial charge on any atom is 0.320 e. The number of hydrogen-bond acceptors (Lipinski definition) is 5. The van der Waals surface area contributed by atoms with E-state index in [9.17, 15) is 4.79 Å². The molecule has 3 rings (SSSR count). The summed E-state index contributed by atoms with van der Waals surface area (Å²) in [6, 6.07) is 9.97. The van der Waals surface area contributed by atoms with Crippen molar-refractivity contribution in [2.45, 2.75) is 32.9 Å². The van der Waals surface area contributed by atoms with Gasteiger partial charge in [0.25, 0.3) is 0 Å². The van der Waals surface area contributed by atoms with Gasteiger partial charge >= 0.3 is 6.03 Å². The van der Waals surface area contributed by atoms with Gasteiger partial charge in [-0.1, -0.05) is 38.1 Å². The van der Waals surface area contributed by atoms with Crippen molar-refractivity contribution >= 4 is 28.3 Å². The zero-order chi connectivity index (χ0) is 19.2. The van der Waals surface area contributed by atoms with E-state index in [0.717, 1.165) is 16.4 Å².